The van der Waals surface area contributed by atoms with Crippen molar-refractivity contribution in [2.24, 2.45) is 5.73 Å². The maximum atomic E-state index is 11.6. The van der Waals surface area contributed by atoms with Gasteiger partial charge in [-0.1, -0.05) is 18.2 Å². The molecule has 0 fully saturated rings. The summed E-state index contributed by atoms with van der Waals surface area (Å²) in [4.78, 5) is 11.6. The minimum absolute atomic E-state index is 0.0464. The van der Waals surface area contributed by atoms with E-state index in [9.17, 15) is 4.79 Å². The van der Waals surface area contributed by atoms with Crippen molar-refractivity contribution in [1.29, 1.82) is 0 Å². The monoisotopic (exact) mass is 190 g/mol. The third kappa shape index (κ3) is 1.30. The molecule has 3 nitrogen and oxygen atoms in total. The van der Waals surface area contributed by atoms with Crippen LogP contribution in [-0.4, -0.2) is 12.5 Å². The predicted molar refractivity (Wildman–Crippen MR) is 56.2 cm³/mol. The van der Waals surface area contributed by atoms with Crippen molar-refractivity contribution in [1.82, 2.24) is 0 Å². The fourth-order valence-corrected chi connectivity index (χ4v) is 1.96. The summed E-state index contributed by atoms with van der Waals surface area (Å²) in [6.07, 6.45) is 0.724. The molecule has 14 heavy (non-hydrogen) atoms. The van der Waals surface area contributed by atoms with E-state index in [1.165, 1.54) is 0 Å². The molecule has 0 bridgehead atoms. The Hall–Kier alpha value is -1.35. The van der Waals surface area contributed by atoms with Gasteiger partial charge in [0, 0.05) is 5.69 Å². The van der Waals surface area contributed by atoms with Crippen molar-refractivity contribution in [2.45, 2.75) is 19.3 Å². The first kappa shape index (κ1) is 9.21. The summed E-state index contributed by atoms with van der Waals surface area (Å²) >= 11 is 0. The topological polar surface area (TPSA) is 55.1 Å². The van der Waals surface area contributed by atoms with Crippen LogP contribution in [0.2, 0.25) is 0 Å². The van der Waals surface area contributed by atoms with E-state index < -0.39 is 0 Å². The first-order valence-corrected chi connectivity index (χ1v) is 4.84. The molecule has 0 aromatic heterocycles. The highest BCUT2D eigenvalue weighted by molar-refractivity contribution is 6.03. The van der Waals surface area contributed by atoms with Gasteiger partial charge >= 0.3 is 0 Å². The van der Waals surface area contributed by atoms with Crippen molar-refractivity contribution >= 4 is 11.6 Å². The fourth-order valence-electron chi connectivity index (χ4n) is 1.96. The Morgan fingerprint density at radius 1 is 1.50 bits per heavy atom. The molecule has 74 valence electrons. The Labute approximate surface area is 83.3 Å². The number of nitrogens with one attached hydrogen (secondary N) is 1. The quantitative estimate of drug-likeness (QED) is 0.740. The number of aryl methyl sites for hydroxylation is 1. The van der Waals surface area contributed by atoms with Crippen LogP contribution in [0.3, 0.4) is 0 Å². The zero-order valence-electron chi connectivity index (χ0n) is 8.21. The van der Waals surface area contributed by atoms with Crippen molar-refractivity contribution in [3.05, 3.63) is 29.3 Å². The second-order valence-corrected chi connectivity index (χ2v) is 3.66. The summed E-state index contributed by atoms with van der Waals surface area (Å²) < 4.78 is 0. The van der Waals surface area contributed by atoms with Crippen LogP contribution in [-0.2, 0) is 4.79 Å². The zero-order chi connectivity index (χ0) is 10.1. The Bertz CT molecular complexity index is 374. The first-order chi connectivity index (χ1) is 6.74. The standard InChI is InChI=1S/C11H14N2O/c1-7-3-2-4-8-9(5-6-12)11(14)13-10(7)8/h2-4,9H,5-6,12H2,1H3,(H,13,14)/t9-/m1/s1. The third-order valence-electron chi connectivity index (χ3n) is 2.70. The van der Waals surface area contributed by atoms with Crippen LogP contribution >= 0.6 is 0 Å². The number of para-hydroxylation sites is 1. The molecule has 1 aromatic rings. The molecule has 0 unspecified atom stereocenters. The number of amides is 1. The summed E-state index contributed by atoms with van der Waals surface area (Å²) in [6, 6.07) is 5.99. The molecular formula is C11H14N2O. The SMILES string of the molecule is Cc1cccc2c1NC(=O)[C@@H]2CCN. The van der Waals surface area contributed by atoms with Crippen LogP contribution in [0.4, 0.5) is 5.69 Å². The second kappa shape index (κ2) is 3.42. The number of nitrogens with two attached hydrogens (primary N) is 1. The van der Waals surface area contributed by atoms with Crippen LogP contribution in [0.5, 0.6) is 0 Å². The summed E-state index contributed by atoms with van der Waals surface area (Å²) in [7, 11) is 0. The number of hydrogen-bond acceptors (Lipinski definition) is 2. The first-order valence-electron chi connectivity index (χ1n) is 4.84. The van der Waals surface area contributed by atoms with Crippen molar-refractivity contribution in [3.63, 3.8) is 0 Å². The lowest BCUT2D eigenvalue weighted by molar-refractivity contribution is -0.117. The zero-order valence-corrected chi connectivity index (χ0v) is 8.21. The van der Waals surface area contributed by atoms with Crippen LogP contribution in [0.25, 0.3) is 0 Å². The van der Waals surface area contributed by atoms with Gasteiger partial charge < -0.3 is 11.1 Å². The molecule has 2 rings (SSSR count). The number of carbonyl (C=O) groups excluding carboxylic acids is 1. The van der Waals surface area contributed by atoms with Crippen molar-refractivity contribution in [2.75, 3.05) is 11.9 Å². The Morgan fingerprint density at radius 3 is 3.00 bits per heavy atom. The molecule has 3 N–H and O–H groups in total. The van der Waals surface area contributed by atoms with Gasteiger partial charge in [-0.2, -0.15) is 0 Å². The van der Waals surface area contributed by atoms with E-state index in [1.54, 1.807) is 0 Å². The van der Waals surface area contributed by atoms with Gasteiger partial charge in [-0.25, -0.2) is 0 Å². The maximum absolute atomic E-state index is 11.6. The summed E-state index contributed by atoms with van der Waals surface area (Å²) in [5, 5.41) is 2.91. The molecule has 0 spiro atoms. The van der Waals surface area contributed by atoms with E-state index in [2.05, 4.69) is 5.32 Å². The predicted octanol–water partition coefficient (Wildman–Crippen LogP) is 1.38. The lowest BCUT2D eigenvalue weighted by Crippen LogP contribution is -2.15. The average Bonchev–Trinajstić information content (AvgIpc) is 2.47. The maximum Gasteiger partial charge on any atom is 0.232 e. The minimum atomic E-state index is -0.0464. The van der Waals surface area contributed by atoms with E-state index in [0.29, 0.717) is 6.54 Å². The van der Waals surface area contributed by atoms with Gasteiger partial charge in [0.15, 0.2) is 0 Å². The highest BCUT2D eigenvalue weighted by atomic mass is 16.2. The number of fused-ring (bicyclic) bond motifs is 1. The Kier molecular flexibility index (Phi) is 2.25. The molecule has 1 aliphatic rings. The third-order valence-corrected chi connectivity index (χ3v) is 2.70. The molecule has 3 heteroatoms. The van der Waals surface area contributed by atoms with E-state index >= 15 is 0 Å². The molecular weight excluding hydrogens is 176 g/mol. The lowest BCUT2D eigenvalue weighted by atomic mass is 9.96. The van der Waals surface area contributed by atoms with E-state index in [-0.39, 0.29) is 11.8 Å². The molecule has 1 aliphatic heterocycles. The summed E-state index contributed by atoms with van der Waals surface area (Å²) in [5.74, 6) is 0.0367. The molecule has 0 radical (unpaired) electrons. The number of benzene rings is 1. The minimum Gasteiger partial charge on any atom is -0.330 e. The van der Waals surface area contributed by atoms with Gasteiger partial charge in [0.2, 0.25) is 5.91 Å². The molecule has 0 aliphatic carbocycles. The highest BCUT2D eigenvalue weighted by Gasteiger charge is 2.30. The van der Waals surface area contributed by atoms with Gasteiger partial charge in [-0.15, -0.1) is 0 Å². The number of carbonyl (C=O) groups is 1. The van der Waals surface area contributed by atoms with Gasteiger partial charge in [0.25, 0.3) is 0 Å². The fraction of sp³-hybridized carbons (Fsp3) is 0.364. The highest BCUT2D eigenvalue weighted by Crippen LogP contribution is 2.36. The molecule has 1 amide bonds. The van der Waals surface area contributed by atoms with Gasteiger partial charge in [-0.05, 0) is 31.0 Å². The molecule has 0 saturated carbocycles. The number of anilines is 1. The van der Waals surface area contributed by atoms with Crippen molar-refractivity contribution < 1.29 is 4.79 Å². The van der Waals surface area contributed by atoms with Crippen LogP contribution in [0.15, 0.2) is 18.2 Å². The van der Waals surface area contributed by atoms with E-state index in [4.69, 9.17) is 5.73 Å². The molecule has 1 aromatic carbocycles. The molecule has 0 saturated heterocycles. The second-order valence-electron chi connectivity index (χ2n) is 3.66. The smallest absolute Gasteiger partial charge is 0.232 e. The normalized spacial score (nSPS) is 19.3. The Balaban J connectivity index is 2.42. The van der Waals surface area contributed by atoms with Gasteiger partial charge in [0.1, 0.15) is 0 Å². The molecule has 1 heterocycles. The van der Waals surface area contributed by atoms with Crippen LogP contribution in [0, 0.1) is 6.92 Å². The van der Waals surface area contributed by atoms with E-state index in [1.807, 2.05) is 25.1 Å². The van der Waals surface area contributed by atoms with Crippen LogP contribution in [0.1, 0.15) is 23.5 Å². The van der Waals surface area contributed by atoms with E-state index in [0.717, 1.165) is 23.2 Å². The van der Waals surface area contributed by atoms with Crippen LogP contribution < -0.4 is 11.1 Å². The number of hydrogen-bond donors (Lipinski definition) is 2. The Morgan fingerprint density at radius 2 is 2.29 bits per heavy atom. The van der Waals surface area contributed by atoms with Gasteiger partial charge in [-0.3, -0.25) is 4.79 Å². The number of rotatable bonds is 2. The van der Waals surface area contributed by atoms with Gasteiger partial charge in [0.05, 0.1) is 5.92 Å². The largest absolute Gasteiger partial charge is 0.330 e. The molecule has 1 atom stereocenters. The lowest BCUT2D eigenvalue weighted by Gasteiger charge is -2.06. The summed E-state index contributed by atoms with van der Waals surface area (Å²) in [6.45, 7) is 2.55. The summed E-state index contributed by atoms with van der Waals surface area (Å²) in [5.41, 5.74) is 8.69. The van der Waals surface area contributed by atoms with Crippen molar-refractivity contribution in [3.8, 4) is 0 Å². The average molecular weight is 190 g/mol.